The van der Waals surface area contributed by atoms with Crippen molar-refractivity contribution in [1.29, 1.82) is 0 Å². The molecule has 0 unspecified atom stereocenters. The van der Waals surface area contributed by atoms with Crippen LogP contribution in [0.25, 0.3) is 16.5 Å². The largest absolute Gasteiger partial charge is 0.497 e. The van der Waals surface area contributed by atoms with Crippen LogP contribution in [0.15, 0.2) is 66.1 Å². The molecule has 0 bridgehead atoms. The average Bonchev–Trinajstić information content (AvgIpc) is 3.27. The Labute approximate surface area is 191 Å². The van der Waals surface area contributed by atoms with Crippen molar-refractivity contribution >= 4 is 40.8 Å². The van der Waals surface area contributed by atoms with Crippen LogP contribution >= 0.6 is 11.3 Å². The van der Waals surface area contributed by atoms with Crippen LogP contribution in [0.5, 0.6) is 5.75 Å². The van der Waals surface area contributed by atoms with Gasteiger partial charge < -0.3 is 14.8 Å². The molecule has 0 saturated carbocycles. The van der Waals surface area contributed by atoms with Crippen molar-refractivity contribution in [3.63, 3.8) is 0 Å². The molecule has 1 heterocycles. The van der Waals surface area contributed by atoms with E-state index >= 15 is 0 Å². The summed E-state index contributed by atoms with van der Waals surface area (Å²) in [6.45, 7) is 5.37. The van der Waals surface area contributed by atoms with E-state index in [2.05, 4.69) is 10.6 Å². The quantitative estimate of drug-likeness (QED) is 0.425. The van der Waals surface area contributed by atoms with Gasteiger partial charge in [0.15, 0.2) is 0 Å². The summed E-state index contributed by atoms with van der Waals surface area (Å²) in [4.78, 5) is 25.9. The van der Waals surface area contributed by atoms with Gasteiger partial charge in [0.05, 0.1) is 18.5 Å². The van der Waals surface area contributed by atoms with Crippen molar-refractivity contribution < 1.29 is 19.1 Å². The van der Waals surface area contributed by atoms with E-state index in [1.807, 2.05) is 53.9 Å². The van der Waals surface area contributed by atoms with Gasteiger partial charge in [-0.2, -0.15) is 0 Å². The maximum atomic E-state index is 12.6. The number of carbonyl (C=O) groups excluding carboxylic acids is 2. The van der Waals surface area contributed by atoms with E-state index < -0.39 is 11.7 Å². The second-order valence-corrected chi connectivity index (χ2v) is 8.91. The zero-order valence-corrected chi connectivity index (χ0v) is 19.3. The normalized spacial score (nSPS) is 11.2. The van der Waals surface area contributed by atoms with Crippen LogP contribution in [0, 0.1) is 0 Å². The van der Waals surface area contributed by atoms with Crippen LogP contribution in [-0.2, 0) is 9.53 Å². The molecule has 0 aliphatic rings. The van der Waals surface area contributed by atoms with Crippen molar-refractivity contribution in [3.05, 3.63) is 71.6 Å². The van der Waals surface area contributed by atoms with Gasteiger partial charge in [-0.15, -0.1) is 11.3 Å². The number of ether oxygens (including phenoxy) is 2. The number of nitrogens with one attached hydrogen (secondary N) is 2. The first-order valence-electron chi connectivity index (χ1n) is 10.0. The van der Waals surface area contributed by atoms with Gasteiger partial charge in [-0.05, 0) is 73.7 Å². The number of benzene rings is 2. The fraction of sp³-hybridized carbons (Fsp3) is 0.200. The molecule has 166 valence electrons. The molecule has 0 radical (unpaired) electrons. The molecule has 0 aliphatic carbocycles. The van der Waals surface area contributed by atoms with Gasteiger partial charge in [0.25, 0.3) is 0 Å². The number of thiophene rings is 1. The molecule has 3 rings (SSSR count). The van der Waals surface area contributed by atoms with Crippen molar-refractivity contribution in [3.8, 4) is 16.2 Å². The van der Waals surface area contributed by atoms with E-state index in [0.717, 1.165) is 21.8 Å². The molecule has 7 heteroatoms. The minimum Gasteiger partial charge on any atom is -0.497 e. The van der Waals surface area contributed by atoms with Crippen molar-refractivity contribution in [2.45, 2.75) is 26.4 Å². The fourth-order valence-corrected chi connectivity index (χ4v) is 3.55. The molecule has 0 fully saturated rings. The Balaban J connectivity index is 1.80. The second-order valence-electron chi connectivity index (χ2n) is 7.96. The summed E-state index contributed by atoms with van der Waals surface area (Å²) in [6.07, 6.45) is 2.56. The summed E-state index contributed by atoms with van der Waals surface area (Å²) in [5.74, 6) is 0.422. The van der Waals surface area contributed by atoms with Gasteiger partial charge >= 0.3 is 6.09 Å². The Kier molecular flexibility index (Phi) is 7.33. The average molecular weight is 451 g/mol. The molecule has 0 saturated heterocycles. The lowest BCUT2D eigenvalue weighted by atomic mass is 10.1. The number of amides is 2. The maximum absolute atomic E-state index is 12.6. The predicted octanol–water partition coefficient (Wildman–Crippen LogP) is 6.42. The Hall–Kier alpha value is -3.58. The molecule has 6 nitrogen and oxygen atoms in total. The van der Waals surface area contributed by atoms with Crippen LogP contribution in [0.4, 0.5) is 16.2 Å². The molecule has 2 aromatic carbocycles. The minimum absolute atomic E-state index is 0.323. The molecule has 0 aliphatic heterocycles. The molecule has 0 spiro atoms. The van der Waals surface area contributed by atoms with Gasteiger partial charge in [-0.3, -0.25) is 10.1 Å². The lowest BCUT2D eigenvalue weighted by Gasteiger charge is -2.20. The lowest BCUT2D eigenvalue weighted by molar-refractivity contribution is -0.111. The molecule has 32 heavy (non-hydrogen) atoms. The third-order valence-corrected chi connectivity index (χ3v) is 5.18. The number of hydrogen-bond donors (Lipinski definition) is 2. The summed E-state index contributed by atoms with van der Waals surface area (Å²) in [7, 11) is 1.60. The van der Waals surface area contributed by atoms with Crippen LogP contribution < -0.4 is 15.4 Å². The first-order valence-corrected chi connectivity index (χ1v) is 10.9. The maximum Gasteiger partial charge on any atom is 0.412 e. The minimum atomic E-state index is -0.633. The molecule has 0 atom stereocenters. The number of rotatable bonds is 6. The van der Waals surface area contributed by atoms with E-state index in [1.54, 1.807) is 51.4 Å². The Morgan fingerprint density at radius 3 is 2.34 bits per heavy atom. The van der Waals surface area contributed by atoms with Crippen LogP contribution in [-0.4, -0.2) is 24.7 Å². The van der Waals surface area contributed by atoms with Gasteiger partial charge in [-0.1, -0.05) is 24.3 Å². The SMILES string of the molecule is COc1ccc(C=CC(=O)Nc2cc(-c3cccs3)ccc2NC(=O)OC(C)(C)C)cc1. The summed E-state index contributed by atoms with van der Waals surface area (Å²) in [5, 5.41) is 7.56. The smallest absolute Gasteiger partial charge is 0.412 e. The molecule has 3 aromatic rings. The molecule has 2 N–H and O–H groups in total. The highest BCUT2D eigenvalue weighted by Crippen LogP contribution is 2.32. The molecule has 1 aromatic heterocycles. The summed E-state index contributed by atoms with van der Waals surface area (Å²) < 4.78 is 10.5. The molecular formula is C25H26N2O4S. The van der Waals surface area contributed by atoms with E-state index in [1.165, 1.54) is 6.08 Å². The molecular weight excluding hydrogens is 424 g/mol. The van der Waals surface area contributed by atoms with Crippen LogP contribution in [0.3, 0.4) is 0 Å². The van der Waals surface area contributed by atoms with Crippen LogP contribution in [0.1, 0.15) is 26.3 Å². The number of carbonyl (C=O) groups is 2. The van der Waals surface area contributed by atoms with Crippen molar-refractivity contribution in [2.24, 2.45) is 0 Å². The van der Waals surface area contributed by atoms with Gasteiger partial charge in [-0.25, -0.2) is 4.79 Å². The third kappa shape index (κ3) is 6.72. The third-order valence-electron chi connectivity index (χ3n) is 4.26. The number of hydrogen-bond acceptors (Lipinski definition) is 5. The highest BCUT2D eigenvalue weighted by molar-refractivity contribution is 7.13. The van der Waals surface area contributed by atoms with Gasteiger partial charge in [0.1, 0.15) is 11.4 Å². The van der Waals surface area contributed by atoms with E-state index in [0.29, 0.717) is 11.4 Å². The van der Waals surface area contributed by atoms with Gasteiger partial charge in [0, 0.05) is 11.0 Å². The van der Waals surface area contributed by atoms with Crippen LogP contribution in [0.2, 0.25) is 0 Å². The first kappa shape index (κ1) is 23.1. The summed E-state index contributed by atoms with van der Waals surface area (Å²) >= 11 is 1.59. The van der Waals surface area contributed by atoms with Crippen molar-refractivity contribution in [1.82, 2.24) is 0 Å². The van der Waals surface area contributed by atoms with E-state index in [4.69, 9.17) is 9.47 Å². The van der Waals surface area contributed by atoms with E-state index in [9.17, 15) is 9.59 Å². The van der Waals surface area contributed by atoms with Gasteiger partial charge in [0.2, 0.25) is 5.91 Å². The predicted molar refractivity (Wildman–Crippen MR) is 130 cm³/mol. The fourth-order valence-electron chi connectivity index (χ4n) is 2.83. The van der Waals surface area contributed by atoms with E-state index in [-0.39, 0.29) is 5.91 Å². The van der Waals surface area contributed by atoms with Crippen molar-refractivity contribution in [2.75, 3.05) is 17.7 Å². The monoisotopic (exact) mass is 450 g/mol. The Morgan fingerprint density at radius 1 is 0.969 bits per heavy atom. The second kappa shape index (κ2) is 10.2. The lowest BCUT2D eigenvalue weighted by Crippen LogP contribution is -2.27. The highest BCUT2D eigenvalue weighted by Gasteiger charge is 2.18. The highest BCUT2D eigenvalue weighted by atomic mass is 32.1. The summed E-state index contributed by atoms with van der Waals surface area (Å²) in [6, 6.07) is 16.8. The number of anilines is 2. The topological polar surface area (TPSA) is 76.7 Å². The summed E-state index contributed by atoms with van der Waals surface area (Å²) in [5.41, 5.74) is 2.09. The number of methoxy groups -OCH3 is 1. The zero-order chi connectivity index (χ0) is 23.1. The molecule has 2 amide bonds. The Bertz CT molecular complexity index is 1100. The Morgan fingerprint density at radius 2 is 1.72 bits per heavy atom. The zero-order valence-electron chi connectivity index (χ0n) is 18.5. The first-order chi connectivity index (χ1) is 15.2. The standard InChI is InChI=1S/C25H26N2O4S/c1-25(2,3)31-24(29)27-20-13-10-18(22-6-5-15-32-22)16-21(20)26-23(28)14-9-17-7-11-19(30-4)12-8-17/h5-16H,1-4H3,(H,26,28)(H,27,29).